The number of anilines is 1. The summed E-state index contributed by atoms with van der Waals surface area (Å²) in [5.41, 5.74) is 10.3. The van der Waals surface area contributed by atoms with Crippen LogP contribution in [0.15, 0.2) is 42.5 Å². The number of ether oxygens (including phenoxy) is 1. The lowest BCUT2D eigenvalue weighted by Crippen LogP contribution is -2.01. The molecule has 0 aliphatic heterocycles. The Bertz CT molecular complexity index is 531. The van der Waals surface area contributed by atoms with Crippen molar-refractivity contribution in [1.29, 1.82) is 0 Å². The summed E-state index contributed by atoms with van der Waals surface area (Å²) in [4.78, 5) is 0. The third-order valence-electron chi connectivity index (χ3n) is 3.40. The van der Waals surface area contributed by atoms with Gasteiger partial charge in [-0.15, -0.1) is 0 Å². The molecule has 2 N–H and O–H groups in total. The zero-order valence-electron chi connectivity index (χ0n) is 11.6. The molecule has 0 amide bonds. The smallest absolute Gasteiger partial charge is 0.122 e. The maximum atomic E-state index is 5.84. The maximum absolute atomic E-state index is 5.84. The fourth-order valence-electron chi connectivity index (χ4n) is 2.02. The molecule has 0 atom stereocenters. The van der Waals surface area contributed by atoms with Crippen molar-refractivity contribution >= 4 is 5.69 Å². The summed E-state index contributed by atoms with van der Waals surface area (Å²) in [7, 11) is 0. The average Bonchev–Trinajstić information content (AvgIpc) is 2.41. The normalized spacial score (nSPS) is 10.4. The molecular weight excluding hydrogens is 234 g/mol. The van der Waals surface area contributed by atoms with Crippen molar-refractivity contribution in [2.45, 2.75) is 26.7 Å². The minimum Gasteiger partial charge on any atom is -0.493 e. The molecular formula is C17H21NO. The number of nitrogen functional groups attached to an aromatic ring is 1. The van der Waals surface area contributed by atoms with E-state index in [0.717, 1.165) is 30.9 Å². The first-order valence-corrected chi connectivity index (χ1v) is 6.70. The topological polar surface area (TPSA) is 35.2 Å². The molecule has 0 saturated carbocycles. The number of benzene rings is 2. The highest BCUT2D eigenvalue weighted by Crippen LogP contribution is 2.20. The van der Waals surface area contributed by atoms with Crippen molar-refractivity contribution in [2.75, 3.05) is 12.3 Å². The van der Waals surface area contributed by atoms with Crippen LogP contribution < -0.4 is 10.5 Å². The van der Waals surface area contributed by atoms with Crippen LogP contribution in [0.5, 0.6) is 5.75 Å². The minimum atomic E-state index is 0.745. The second kappa shape index (κ2) is 6.28. The fourth-order valence-corrected chi connectivity index (χ4v) is 2.02. The van der Waals surface area contributed by atoms with Crippen LogP contribution in [0.2, 0.25) is 0 Å². The van der Waals surface area contributed by atoms with E-state index < -0.39 is 0 Å². The van der Waals surface area contributed by atoms with Gasteiger partial charge in [0.25, 0.3) is 0 Å². The highest BCUT2D eigenvalue weighted by molar-refractivity contribution is 5.39. The molecule has 0 radical (unpaired) electrons. The van der Waals surface area contributed by atoms with Crippen molar-refractivity contribution in [3.05, 3.63) is 59.2 Å². The first kappa shape index (κ1) is 13.5. The lowest BCUT2D eigenvalue weighted by Gasteiger charge is -2.10. The summed E-state index contributed by atoms with van der Waals surface area (Å²) >= 11 is 0. The van der Waals surface area contributed by atoms with E-state index in [1.54, 1.807) is 0 Å². The average molecular weight is 255 g/mol. The molecule has 0 bridgehead atoms. The molecule has 19 heavy (non-hydrogen) atoms. The highest BCUT2D eigenvalue weighted by atomic mass is 16.5. The Balaban J connectivity index is 1.81. The maximum Gasteiger partial charge on any atom is 0.122 e. The molecule has 2 nitrogen and oxygen atoms in total. The first-order chi connectivity index (χ1) is 9.16. The summed E-state index contributed by atoms with van der Waals surface area (Å²) in [6.45, 7) is 4.95. The second-order valence-corrected chi connectivity index (χ2v) is 4.89. The monoisotopic (exact) mass is 255 g/mol. The summed E-state index contributed by atoms with van der Waals surface area (Å²) < 4.78 is 5.84. The summed E-state index contributed by atoms with van der Waals surface area (Å²) in [6.07, 6.45) is 2.03. The molecule has 2 aromatic rings. The van der Waals surface area contributed by atoms with Crippen LogP contribution in [-0.4, -0.2) is 6.61 Å². The summed E-state index contributed by atoms with van der Waals surface area (Å²) in [6, 6.07) is 14.2. The number of aryl methyl sites for hydroxylation is 2. The quantitative estimate of drug-likeness (QED) is 0.649. The van der Waals surface area contributed by atoms with E-state index >= 15 is 0 Å². The van der Waals surface area contributed by atoms with Gasteiger partial charge in [0.2, 0.25) is 0 Å². The third kappa shape index (κ3) is 3.75. The fraction of sp³-hybridized carbons (Fsp3) is 0.294. The van der Waals surface area contributed by atoms with Crippen LogP contribution in [0.4, 0.5) is 5.69 Å². The van der Waals surface area contributed by atoms with Crippen molar-refractivity contribution in [2.24, 2.45) is 0 Å². The number of nitrogens with two attached hydrogens (primary N) is 1. The van der Waals surface area contributed by atoms with Gasteiger partial charge in [-0.2, -0.15) is 0 Å². The third-order valence-corrected chi connectivity index (χ3v) is 3.40. The van der Waals surface area contributed by atoms with Gasteiger partial charge in [0.15, 0.2) is 0 Å². The Kier molecular flexibility index (Phi) is 4.45. The number of hydrogen-bond acceptors (Lipinski definition) is 2. The molecule has 0 fully saturated rings. The van der Waals surface area contributed by atoms with Gasteiger partial charge in [-0.3, -0.25) is 0 Å². The highest BCUT2D eigenvalue weighted by Gasteiger charge is 2.01. The van der Waals surface area contributed by atoms with Gasteiger partial charge in [-0.25, -0.2) is 0 Å². The van der Waals surface area contributed by atoms with Gasteiger partial charge >= 0.3 is 0 Å². The Morgan fingerprint density at radius 3 is 2.47 bits per heavy atom. The van der Waals surface area contributed by atoms with Crippen molar-refractivity contribution in [3.63, 3.8) is 0 Å². The molecule has 2 aromatic carbocycles. The molecule has 0 saturated heterocycles. The predicted octanol–water partition coefficient (Wildman–Crippen LogP) is 3.90. The molecule has 0 aromatic heterocycles. The van der Waals surface area contributed by atoms with Gasteiger partial charge < -0.3 is 10.5 Å². The van der Waals surface area contributed by atoms with Crippen molar-refractivity contribution < 1.29 is 4.74 Å². The van der Waals surface area contributed by atoms with Gasteiger partial charge in [0.1, 0.15) is 5.75 Å². The van der Waals surface area contributed by atoms with Crippen LogP contribution in [0, 0.1) is 13.8 Å². The Morgan fingerprint density at radius 1 is 1.00 bits per heavy atom. The van der Waals surface area contributed by atoms with E-state index in [9.17, 15) is 0 Å². The van der Waals surface area contributed by atoms with Gasteiger partial charge in [0.05, 0.1) is 6.61 Å². The predicted molar refractivity (Wildman–Crippen MR) is 80.6 cm³/mol. The van der Waals surface area contributed by atoms with E-state index in [1.165, 1.54) is 16.7 Å². The standard InChI is InChI=1S/C17H21NO/c1-13-5-3-7-17(14(13)2)19-12-4-6-15-8-10-16(18)11-9-15/h3,5,7-11H,4,6,12,18H2,1-2H3. The Hall–Kier alpha value is -1.96. The van der Waals surface area contributed by atoms with Crippen molar-refractivity contribution in [3.8, 4) is 5.75 Å². The van der Waals surface area contributed by atoms with E-state index in [1.807, 2.05) is 24.3 Å². The van der Waals surface area contributed by atoms with E-state index in [0.29, 0.717) is 0 Å². The van der Waals surface area contributed by atoms with Crippen LogP contribution in [0.25, 0.3) is 0 Å². The molecule has 0 heterocycles. The molecule has 2 rings (SSSR count). The molecule has 0 aliphatic rings. The molecule has 0 spiro atoms. The number of hydrogen-bond donors (Lipinski definition) is 1. The first-order valence-electron chi connectivity index (χ1n) is 6.70. The van der Waals surface area contributed by atoms with Crippen LogP contribution in [0.1, 0.15) is 23.1 Å². The largest absolute Gasteiger partial charge is 0.493 e. The zero-order valence-corrected chi connectivity index (χ0v) is 11.6. The lowest BCUT2D eigenvalue weighted by molar-refractivity contribution is 0.309. The number of rotatable bonds is 5. The Labute approximate surface area is 115 Å². The van der Waals surface area contributed by atoms with Crippen LogP contribution in [0.3, 0.4) is 0 Å². The second-order valence-electron chi connectivity index (χ2n) is 4.89. The van der Waals surface area contributed by atoms with Gasteiger partial charge in [-0.1, -0.05) is 24.3 Å². The Morgan fingerprint density at radius 2 is 1.74 bits per heavy atom. The van der Waals surface area contributed by atoms with Crippen LogP contribution in [-0.2, 0) is 6.42 Å². The zero-order chi connectivity index (χ0) is 13.7. The SMILES string of the molecule is Cc1cccc(OCCCc2ccc(N)cc2)c1C. The van der Waals surface area contributed by atoms with E-state index in [-0.39, 0.29) is 0 Å². The summed E-state index contributed by atoms with van der Waals surface area (Å²) in [5.74, 6) is 0.998. The van der Waals surface area contributed by atoms with Gasteiger partial charge in [0, 0.05) is 5.69 Å². The van der Waals surface area contributed by atoms with Crippen molar-refractivity contribution in [1.82, 2.24) is 0 Å². The summed E-state index contributed by atoms with van der Waals surface area (Å²) in [5, 5.41) is 0. The van der Waals surface area contributed by atoms with Gasteiger partial charge in [-0.05, 0) is 61.6 Å². The van der Waals surface area contributed by atoms with E-state index in [4.69, 9.17) is 10.5 Å². The molecule has 2 heteroatoms. The molecule has 0 unspecified atom stereocenters. The lowest BCUT2D eigenvalue weighted by atomic mass is 10.1. The van der Waals surface area contributed by atoms with Crippen LogP contribution >= 0.6 is 0 Å². The van der Waals surface area contributed by atoms with E-state index in [2.05, 4.69) is 32.0 Å². The minimum absolute atomic E-state index is 0.745. The molecule has 100 valence electrons. The molecule has 0 aliphatic carbocycles.